The van der Waals surface area contributed by atoms with E-state index in [9.17, 15) is 0 Å². The summed E-state index contributed by atoms with van der Waals surface area (Å²) in [5.74, 6) is 0. The molecule has 0 aromatic carbocycles. The van der Waals surface area contributed by atoms with E-state index >= 15 is 0 Å². The van der Waals surface area contributed by atoms with Crippen LogP contribution in [-0.4, -0.2) is 9.38 Å². The molecule has 11 heavy (non-hydrogen) atoms. The maximum Gasteiger partial charge on any atom is 0.150 e. The maximum atomic E-state index is 5.63. The fraction of sp³-hybridized carbons (Fsp3) is 0. The molecule has 2 N–H and O–H groups in total. The summed E-state index contributed by atoms with van der Waals surface area (Å²) < 4.78 is 2.99. The van der Waals surface area contributed by atoms with E-state index in [4.69, 9.17) is 5.73 Å². The van der Waals surface area contributed by atoms with Crippen molar-refractivity contribution in [3.05, 3.63) is 28.2 Å². The first-order valence-corrected chi connectivity index (χ1v) is 4.23. The average Bonchev–Trinajstić information content (AvgIpc) is 2.34. The largest absolute Gasteiger partial charge is 0.398 e. The van der Waals surface area contributed by atoms with E-state index < -0.39 is 0 Å². The van der Waals surface area contributed by atoms with E-state index in [0.717, 1.165) is 14.9 Å². The van der Waals surface area contributed by atoms with Crippen molar-refractivity contribution in [2.45, 2.75) is 0 Å². The van der Waals surface area contributed by atoms with Crippen LogP contribution in [0, 0.1) is 3.57 Å². The van der Waals surface area contributed by atoms with Crippen LogP contribution in [0.25, 0.3) is 5.65 Å². The zero-order chi connectivity index (χ0) is 7.84. The van der Waals surface area contributed by atoms with E-state index in [1.165, 1.54) is 0 Å². The Morgan fingerprint density at radius 3 is 3.18 bits per heavy atom. The number of pyridine rings is 1. The first kappa shape index (κ1) is 6.90. The molecule has 0 bridgehead atoms. The zero-order valence-corrected chi connectivity index (χ0v) is 7.82. The van der Waals surface area contributed by atoms with Crippen LogP contribution >= 0.6 is 22.6 Å². The summed E-state index contributed by atoms with van der Waals surface area (Å²) in [6.07, 6.45) is 5.50. The average molecular weight is 259 g/mol. The van der Waals surface area contributed by atoms with Gasteiger partial charge in [-0.05, 0) is 28.7 Å². The van der Waals surface area contributed by atoms with E-state index in [-0.39, 0.29) is 0 Å². The van der Waals surface area contributed by atoms with Crippen molar-refractivity contribution in [2.75, 3.05) is 5.73 Å². The quantitative estimate of drug-likeness (QED) is 0.729. The lowest BCUT2D eigenvalue weighted by atomic mass is 10.4. The number of nitrogens with two attached hydrogens (primary N) is 1. The third kappa shape index (κ3) is 1.07. The molecule has 0 atom stereocenters. The molecule has 0 aliphatic heterocycles. The Morgan fingerprint density at radius 2 is 2.36 bits per heavy atom. The van der Waals surface area contributed by atoms with Gasteiger partial charge in [-0.2, -0.15) is 0 Å². The minimum Gasteiger partial charge on any atom is -0.398 e. The summed E-state index contributed by atoms with van der Waals surface area (Å²) in [5.41, 5.74) is 7.35. The molecule has 0 saturated carbocycles. The number of aromatic nitrogens is 2. The van der Waals surface area contributed by atoms with Gasteiger partial charge in [0.25, 0.3) is 0 Å². The van der Waals surface area contributed by atoms with Crippen LogP contribution < -0.4 is 5.73 Å². The first-order valence-electron chi connectivity index (χ1n) is 3.15. The van der Waals surface area contributed by atoms with Crippen LogP contribution in [-0.2, 0) is 0 Å². The van der Waals surface area contributed by atoms with Gasteiger partial charge in [0, 0.05) is 24.3 Å². The van der Waals surface area contributed by atoms with Gasteiger partial charge in [0.2, 0.25) is 0 Å². The van der Waals surface area contributed by atoms with Gasteiger partial charge < -0.3 is 10.1 Å². The summed E-state index contributed by atoms with van der Waals surface area (Å²) >= 11 is 2.22. The molecule has 0 saturated heterocycles. The molecule has 2 aromatic rings. The van der Waals surface area contributed by atoms with E-state index in [1.807, 2.05) is 22.9 Å². The molecule has 2 heterocycles. The molecule has 4 heteroatoms. The van der Waals surface area contributed by atoms with Crippen molar-refractivity contribution in [1.29, 1.82) is 0 Å². The summed E-state index contributed by atoms with van der Waals surface area (Å²) in [4.78, 5) is 4.16. The first-order chi connectivity index (χ1) is 5.27. The van der Waals surface area contributed by atoms with Gasteiger partial charge in [-0.25, -0.2) is 4.98 Å². The van der Waals surface area contributed by atoms with Gasteiger partial charge in [-0.3, -0.25) is 0 Å². The van der Waals surface area contributed by atoms with Gasteiger partial charge in [-0.1, -0.05) is 0 Å². The molecule has 0 radical (unpaired) electrons. The fourth-order valence-corrected chi connectivity index (χ4v) is 1.79. The third-order valence-electron chi connectivity index (χ3n) is 1.46. The second-order valence-corrected chi connectivity index (χ2v) is 3.44. The number of rotatable bonds is 0. The highest BCUT2D eigenvalue weighted by Crippen LogP contribution is 2.14. The number of hydrogen-bond donors (Lipinski definition) is 1. The van der Waals surface area contributed by atoms with Crippen LogP contribution in [0.5, 0.6) is 0 Å². The molecule has 2 rings (SSSR count). The number of hydrogen-bond acceptors (Lipinski definition) is 2. The van der Waals surface area contributed by atoms with E-state index in [0.29, 0.717) is 0 Å². The Bertz CT molecular complexity index is 393. The molecule has 0 aliphatic rings. The van der Waals surface area contributed by atoms with Crippen LogP contribution in [0.15, 0.2) is 24.7 Å². The normalized spacial score (nSPS) is 10.6. The Balaban J connectivity index is 2.91. The van der Waals surface area contributed by atoms with Crippen molar-refractivity contribution in [2.24, 2.45) is 0 Å². The molecule has 0 unspecified atom stereocenters. The standard InChI is InChI=1S/C7H6IN3/c8-6-3-5(9)4-11-2-1-10-7(6)11/h1-4H,9H2. The molecule has 56 valence electrons. The SMILES string of the molecule is Nc1cc(I)c2nccn2c1. The molecule has 0 fully saturated rings. The molecular formula is C7H6IN3. The van der Waals surface area contributed by atoms with E-state index in [2.05, 4.69) is 27.6 Å². The van der Waals surface area contributed by atoms with Gasteiger partial charge in [0.05, 0.1) is 3.57 Å². The molecule has 0 amide bonds. The number of fused-ring (bicyclic) bond motifs is 1. The lowest BCUT2D eigenvalue weighted by Crippen LogP contribution is -1.92. The second-order valence-electron chi connectivity index (χ2n) is 2.28. The molecular weight excluding hydrogens is 253 g/mol. The predicted octanol–water partition coefficient (Wildman–Crippen LogP) is 1.52. The highest BCUT2D eigenvalue weighted by atomic mass is 127. The lowest BCUT2D eigenvalue weighted by Gasteiger charge is -1.97. The van der Waals surface area contributed by atoms with Gasteiger partial charge >= 0.3 is 0 Å². The highest BCUT2D eigenvalue weighted by Gasteiger charge is 1.99. The zero-order valence-electron chi connectivity index (χ0n) is 5.66. The lowest BCUT2D eigenvalue weighted by molar-refractivity contribution is 1.18. The van der Waals surface area contributed by atoms with Crippen LogP contribution in [0.3, 0.4) is 0 Å². The smallest absolute Gasteiger partial charge is 0.150 e. The fourth-order valence-electron chi connectivity index (χ4n) is 1.01. The Hall–Kier alpha value is -0.780. The topological polar surface area (TPSA) is 43.3 Å². The maximum absolute atomic E-state index is 5.63. The Labute approximate surface area is 77.4 Å². The van der Waals surface area contributed by atoms with Gasteiger partial charge in [0.1, 0.15) is 5.65 Å². The summed E-state index contributed by atoms with van der Waals surface area (Å²) in [6, 6.07) is 1.91. The summed E-state index contributed by atoms with van der Waals surface area (Å²) in [7, 11) is 0. The summed E-state index contributed by atoms with van der Waals surface area (Å²) in [5, 5.41) is 0. The Kier molecular flexibility index (Phi) is 1.49. The number of halogens is 1. The molecule has 0 spiro atoms. The Morgan fingerprint density at radius 1 is 1.55 bits per heavy atom. The van der Waals surface area contributed by atoms with Crippen molar-refractivity contribution in [3.63, 3.8) is 0 Å². The second kappa shape index (κ2) is 2.37. The van der Waals surface area contributed by atoms with Crippen molar-refractivity contribution >= 4 is 33.9 Å². The third-order valence-corrected chi connectivity index (χ3v) is 2.26. The predicted molar refractivity (Wildman–Crippen MR) is 52.3 cm³/mol. The highest BCUT2D eigenvalue weighted by molar-refractivity contribution is 14.1. The number of imidazole rings is 1. The minimum absolute atomic E-state index is 0.764. The molecule has 0 aliphatic carbocycles. The molecule has 3 nitrogen and oxygen atoms in total. The number of nitrogens with zero attached hydrogens (tertiary/aromatic N) is 2. The summed E-state index contributed by atoms with van der Waals surface area (Å²) in [6.45, 7) is 0. The monoisotopic (exact) mass is 259 g/mol. The van der Waals surface area contributed by atoms with Crippen molar-refractivity contribution < 1.29 is 0 Å². The van der Waals surface area contributed by atoms with Crippen molar-refractivity contribution in [3.8, 4) is 0 Å². The minimum atomic E-state index is 0.764. The van der Waals surface area contributed by atoms with E-state index in [1.54, 1.807) is 6.20 Å². The van der Waals surface area contributed by atoms with Crippen LogP contribution in [0.1, 0.15) is 0 Å². The number of nitrogen functional groups attached to an aromatic ring is 1. The van der Waals surface area contributed by atoms with Crippen LogP contribution in [0.4, 0.5) is 5.69 Å². The van der Waals surface area contributed by atoms with Gasteiger partial charge in [-0.15, -0.1) is 0 Å². The van der Waals surface area contributed by atoms with Crippen molar-refractivity contribution in [1.82, 2.24) is 9.38 Å². The number of anilines is 1. The molecule has 2 aromatic heterocycles. The van der Waals surface area contributed by atoms with Gasteiger partial charge in [0.15, 0.2) is 0 Å². The van der Waals surface area contributed by atoms with Crippen LogP contribution in [0.2, 0.25) is 0 Å².